The molecule has 5 nitrogen and oxygen atoms in total. The van der Waals surface area contributed by atoms with Crippen LogP contribution in [0.1, 0.15) is 51.9 Å². The van der Waals surface area contributed by atoms with E-state index in [-0.39, 0.29) is 12.1 Å². The number of piperidine rings is 2. The van der Waals surface area contributed by atoms with Gasteiger partial charge >= 0.3 is 12.0 Å². The molecule has 0 aromatic rings. The molecule has 108 valence electrons. The molecule has 1 N–H and O–H groups in total. The van der Waals surface area contributed by atoms with Gasteiger partial charge in [-0.15, -0.1) is 0 Å². The Balaban J connectivity index is 2.09. The van der Waals surface area contributed by atoms with E-state index >= 15 is 0 Å². The van der Waals surface area contributed by atoms with Gasteiger partial charge in [-0.1, -0.05) is 6.92 Å². The molecule has 2 unspecified atom stereocenters. The predicted molar refractivity (Wildman–Crippen MR) is 72.0 cm³/mol. The normalized spacial score (nSPS) is 28.3. The van der Waals surface area contributed by atoms with Gasteiger partial charge in [-0.25, -0.2) is 9.59 Å². The first-order chi connectivity index (χ1) is 9.15. The zero-order chi connectivity index (χ0) is 13.8. The van der Waals surface area contributed by atoms with Crippen molar-refractivity contribution in [2.75, 3.05) is 13.1 Å². The van der Waals surface area contributed by atoms with Gasteiger partial charge in [0.2, 0.25) is 0 Å². The number of nitrogens with zero attached hydrogens (tertiary/aromatic N) is 2. The lowest BCUT2D eigenvalue weighted by Gasteiger charge is -2.42. The minimum Gasteiger partial charge on any atom is -0.480 e. The fraction of sp³-hybridized carbons (Fsp3) is 0.857. The van der Waals surface area contributed by atoms with E-state index in [1.165, 1.54) is 6.42 Å². The Hall–Kier alpha value is -1.26. The quantitative estimate of drug-likeness (QED) is 0.836. The highest BCUT2D eigenvalue weighted by molar-refractivity contribution is 5.83. The maximum absolute atomic E-state index is 12.6. The lowest BCUT2D eigenvalue weighted by Crippen LogP contribution is -2.56. The summed E-state index contributed by atoms with van der Waals surface area (Å²) in [4.78, 5) is 27.4. The van der Waals surface area contributed by atoms with Crippen molar-refractivity contribution in [1.82, 2.24) is 9.80 Å². The smallest absolute Gasteiger partial charge is 0.326 e. The molecule has 2 heterocycles. The first-order valence-corrected chi connectivity index (χ1v) is 7.45. The Morgan fingerprint density at radius 1 is 1.05 bits per heavy atom. The standard InChI is InChI=1S/C14H24N2O3/c1-2-11-7-3-5-9-15(11)14(19)16-10-6-4-8-12(16)13(17)18/h11-12H,2-10H2,1H3,(H,17,18). The minimum absolute atomic E-state index is 0.0568. The van der Waals surface area contributed by atoms with E-state index in [1.807, 2.05) is 4.90 Å². The monoisotopic (exact) mass is 268 g/mol. The number of carboxylic acids is 1. The molecule has 2 saturated heterocycles. The topological polar surface area (TPSA) is 60.9 Å². The Bertz CT molecular complexity index is 346. The fourth-order valence-corrected chi connectivity index (χ4v) is 3.26. The number of likely N-dealkylation sites (tertiary alicyclic amines) is 2. The number of urea groups is 1. The number of carbonyl (C=O) groups is 2. The summed E-state index contributed by atoms with van der Waals surface area (Å²) in [5.41, 5.74) is 0. The highest BCUT2D eigenvalue weighted by Crippen LogP contribution is 2.24. The van der Waals surface area contributed by atoms with Crippen molar-refractivity contribution >= 4 is 12.0 Å². The van der Waals surface area contributed by atoms with Crippen LogP contribution in [-0.2, 0) is 4.79 Å². The number of rotatable bonds is 2. The summed E-state index contributed by atoms with van der Waals surface area (Å²) >= 11 is 0. The van der Waals surface area contributed by atoms with Gasteiger partial charge in [-0.2, -0.15) is 0 Å². The van der Waals surface area contributed by atoms with Crippen molar-refractivity contribution in [3.05, 3.63) is 0 Å². The van der Waals surface area contributed by atoms with E-state index in [0.29, 0.717) is 13.0 Å². The SMILES string of the molecule is CCC1CCCCN1C(=O)N1CCCCC1C(=O)O. The third kappa shape index (κ3) is 3.01. The number of hydrogen-bond acceptors (Lipinski definition) is 2. The fourth-order valence-electron chi connectivity index (χ4n) is 3.26. The first-order valence-electron chi connectivity index (χ1n) is 7.45. The van der Waals surface area contributed by atoms with Crippen molar-refractivity contribution in [2.24, 2.45) is 0 Å². The highest BCUT2D eigenvalue weighted by Gasteiger charge is 2.36. The molecule has 2 aliphatic heterocycles. The van der Waals surface area contributed by atoms with Crippen molar-refractivity contribution in [1.29, 1.82) is 0 Å². The average Bonchev–Trinajstić information content (AvgIpc) is 2.46. The summed E-state index contributed by atoms with van der Waals surface area (Å²) in [7, 11) is 0. The molecule has 19 heavy (non-hydrogen) atoms. The van der Waals surface area contributed by atoms with E-state index in [1.54, 1.807) is 4.90 Å². The lowest BCUT2D eigenvalue weighted by atomic mass is 9.99. The Morgan fingerprint density at radius 3 is 2.32 bits per heavy atom. The molecule has 0 aromatic carbocycles. The molecule has 0 spiro atoms. The molecule has 0 aromatic heterocycles. The van der Waals surface area contributed by atoms with E-state index in [4.69, 9.17) is 0 Å². The van der Waals surface area contributed by atoms with Gasteiger partial charge < -0.3 is 14.9 Å². The number of hydrogen-bond donors (Lipinski definition) is 1. The van der Waals surface area contributed by atoms with Gasteiger partial charge in [0.05, 0.1) is 0 Å². The first kappa shape index (κ1) is 14.2. The Kier molecular flexibility index (Phi) is 4.66. The summed E-state index contributed by atoms with van der Waals surface area (Å²) in [6.07, 6.45) is 6.62. The summed E-state index contributed by atoms with van der Waals surface area (Å²) in [5.74, 6) is -0.863. The van der Waals surface area contributed by atoms with Crippen molar-refractivity contribution in [2.45, 2.75) is 64.0 Å². The van der Waals surface area contributed by atoms with Crippen molar-refractivity contribution in [3.63, 3.8) is 0 Å². The number of carbonyl (C=O) groups excluding carboxylic acids is 1. The molecular formula is C14H24N2O3. The third-order valence-electron chi connectivity index (χ3n) is 4.38. The van der Waals surface area contributed by atoms with Crippen LogP contribution in [0.15, 0.2) is 0 Å². The van der Waals surface area contributed by atoms with Gasteiger partial charge in [0, 0.05) is 19.1 Å². The average molecular weight is 268 g/mol. The molecule has 2 amide bonds. The van der Waals surface area contributed by atoms with Crippen LogP contribution in [-0.4, -0.2) is 52.1 Å². The second-order valence-corrected chi connectivity index (χ2v) is 5.58. The maximum Gasteiger partial charge on any atom is 0.326 e. The van der Waals surface area contributed by atoms with E-state index < -0.39 is 12.0 Å². The summed E-state index contributed by atoms with van der Waals surface area (Å²) in [6, 6.07) is -0.392. The van der Waals surface area contributed by atoms with Gasteiger partial charge in [-0.05, 0) is 44.9 Å². The van der Waals surface area contributed by atoms with Crippen LogP contribution < -0.4 is 0 Å². The van der Waals surface area contributed by atoms with Crippen LogP contribution in [0.5, 0.6) is 0 Å². The second kappa shape index (κ2) is 6.26. The van der Waals surface area contributed by atoms with E-state index in [0.717, 1.165) is 38.6 Å². The van der Waals surface area contributed by atoms with Gasteiger partial charge in [0.25, 0.3) is 0 Å². The second-order valence-electron chi connectivity index (χ2n) is 5.58. The molecule has 0 saturated carbocycles. The summed E-state index contributed by atoms with van der Waals surface area (Å²) < 4.78 is 0. The molecule has 2 atom stereocenters. The van der Waals surface area contributed by atoms with Gasteiger partial charge in [0.15, 0.2) is 0 Å². The largest absolute Gasteiger partial charge is 0.480 e. The summed E-state index contributed by atoms with van der Waals surface area (Å²) in [5, 5.41) is 9.27. The van der Waals surface area contributed by atoms with Crippen molar-refractivity contribution < 1.29 is 14.7 Å². The molecule has 2 aliphatic rings. The molecule has 2 fully saturated rings. The highest BCUT2D eigenvalue weighted by atomic mass is 16.4. The van der Waals surface area contributed by atoms with E-state index in [9.17, 15) is 14.7 Å². The number of aliphatic carboxylic acids is 1. The van der Waals surface area contributed by atoms with Crippen molar-refractivity contribution in [3.8, 4) is 0 Å². The van der Waals surface area contributed by atoms with E-state index in [2.05, 4.69) is 6.92 Å². The zero-order valence-electron chi connectivity index (χ0n) is 11.7. The van der Waals surface area contributed by atoms with Crippen LogP contribution in [0, 0.1) is 0 Å². The van der Waals surface area contributed by atoms with Gasteiger partial charge in [0.1, 0.15) is 6.04 Å². The molecule has 0 radical (unpaired) electrons. The van der Waals surface area contributed by atoms with Crippen LogP contribution in [0.25, 0.3) is 0 Å². The molecule has 5 heteroatoms. The lowest BCUT2D eigenvalue weighted by molar-refractivity contribution is -0.143. The Morgan fingerprint density at radius 2 is 1.68 bits per heavy atom. The van der Waals surface area contributed by atoms with Gasteiger partial charge in [-0.3, -0.25) is 0 Å². The third-order valence-corrected chi connectivity index (χ3v) is 4.38. The number of carboxylic acid groups (broad SMARTS) is 1. The van der Waals surface area contributed by atoms with Crippen LogP contribution in [0.4, 0.5) is 4.79 Å². The van der Waals surface area contributed by atoms with Crippen LogP contribution in [0.3, 0.4) is 0 Å². The zero-order valence-corrected chi connectivity index (χ0v) is 11.7. The minimum atomic E-state index is -0.863. The molecular weight excluding hydrogens is 244 g/mol. The van der Waals surface area contributed by atoms with Crippen LogP contribution >= 0.6 is 0 Å². The molecule has 0 bridgehead atoms. The number of amides is 2. The molecule has 2 rings (SSSR count). The maximum atomic E-state index is 12.6. The van der Waals surface area contributed by atoms with Crippen LogP contribution in [0.2, 0.25) is 0 Å². The predicted octanol–water partition coefficient (Wildman–Crippen LogP) is 2.31. The Labute approximate surface area is 114 Å². The molecule has 0 aliphatic carbocycles. The summed E-state index contributed by atoms with van der Waals surface area (Å²) in [6.45, 7) is 3.46.